The van der Waals surface area contributed by atoms with Gasteiger partial charge in [0.15, 0.2) is 35.2 Å². The lowest BCUT2D eigenvalue weighted by molar-refractivity contribution is -0.121. The molecule has 4 heterocycles. The molecule has 4 aromatic rings. The van der Waals surface area contributed by atoms with Crippen molar-refractivity contribution in [3.8, 4) is 5.75 Å². The molecule has 0 spiro atoms. The summed E-state index contributed by atoms with van der Waals surface area (Å²) in [4.78, 5) is 63.3. The van der Waals surface area contributed by atoms with E-state index < -0.39 is 5.43 Å². The third-order valence-electron chi connectivity index (χ3n) is 9.11. The summed E-state index contributed by atoms with van der Waals surface area (Å²) >= 11 is 0.00136. The number of hydrogen-bond acceptors (Lipinski definition) is 8. The number of carbonyl (C=O) groups is 3. The highest BCUT2D eigenvalue weighted by Crippen LogP contribution is 2.39. The molecular formula is C38H47FN6O5S. The number of carbonyl (C=O) groups excluding carboxylic acids is 3. The molecule has 1 fully saturated rings. The largest absolute Gasteiger partial charge is 0.483 e. The maximum Gasteiger partial charge on any atom is 0.274 e. The molecule has 0 atom stereocenters. The van der Waals surface area contributed by atoms with E-state index >= 15 is 0 Å². The summed E-state index contributed by atoms with van der Waals surface area (Å²) in [5.41, 5.74) is 3.30. The van der Waals surface area contributed by atoms with E-state index in [1.165, 1.54) is 16.2 Å². The number of rotatable bonds is 16. The van der Waals surface area contributed by atoms with Crippen molar-refractivity contribution in [2.75, 3.05) is 6.54 Å². The number of benzene rings is 1. The molecule has 1 aromatic carbocycles. The van der Waals surface area contributed by atoms with E-state index in [2.05, 4.69) is 15.3 Å². The summed E-state index contributed by atoms with van der Waals surface area (Å²) in [6.45, 7) is 9.10. The van der Waals surface area contributed by atoms with Crippen LogP contribution in [0.5, 0.6) is 5.75 Å². The second-order valence-corrected chi connectivity index (χ2v) is 13.5. The summed E-state index contributed by atoms with van der Waals surface area (Å²) in [7, 11) is 0. The lowest BCUT2D eigenvalue weighted by Gasteiger charge is -2.35. The number of unbranched alkanes of at least 4 members (excludes halogenated alkanes) is 3. The van der Waals surface area contributed by atoms with Gasteiger partial charge in [-0.2, -0.15) is 0 Å². The van der Waals surface area contributed by atoms with E-state index in [1.807, 2.05) is 58.0 Å². The van der Waals surface area contributed by atoms with E-state index in [1.54, 1.807) is 15.7 Å². The highest BCUT2D eigenvalue weighted by Gasteiger charge is 2.32. The number of hydrogen-bond donors (Lipinski definition) is 1. The van der Waals surface area contributed by atoms with Gasteiger partial charge in [0, 0.05) is 55.8 Å². The zero-order valence-electron chi connectivity index (χ0n) is 29.8. The Labute approximate surface area is 302 Å². The SMILES string of the molecule is CC.CC(C)N1CCn2c(CNC(=O)CCCCCCC(=O)c3cn(SF)c4ncc(C5CC5)nc34)cc(=O)c(OCc3ccccc3)c2C1=O. The Morgan fingerprint density at radius 1 is 1.04 bits per heavy atom. The van der Waals surface area contributed by atoms with Crippen molar-refractivity contribution in [1.29, 1.82) is 0 Å². The first kappa shape index (κ1) is 37.7. The Bertz CT molecular complexity index is 1910. The summed E-state index contributed by atoms with van der Waals surface area (Å²) < 4.78 is 22.5. The maximum absolute atomic E-state index is 13.6. The summed E-state index contributed by atoms with van der Waals surface area (Å²) in [5, 5.41) is 2.91. The molecule has 51 heavy (non-hydrogen) atoms. The van der Waals surface area contributed by atoms with E-state index in [4.69, 9.17) is 4.74 Å². The molecule has 0 unspecified atom stereocenters. The average Bonchev–Trinajstić information content (AvgIpc) is 3.93. The molecule has 13 heteroatoms. The number of nitrogens with zero attached hydrogens (tertiary/aromatic N) is 5. The molecule has 272 valence electrons. The Balaban J connectivity index is 0.00000248. The maximum atomic E-state index is 13.6. The minimum Gasteiger partial charge on any atom is -0.483 e. The van der Waals surface area contributed by atoms with E-state index in [0.29, 0.717) is 67.1 Å². The van der Waals surface area contributed by atoms with Crippen molar-refractivity contribution in [3.63, 3.8) is 0 Å². The highest BCUT2D eigenvalue weighted by molar-refractivity contribution is 7.92. The number of aromatic nitrogens is 4. The lowest BCUT2D eigenvalue weighted by atomic mass is 10.0. The molecule has 1 N–H and O–H groups in total. The van der Waals surface area contributed by atoms with Crippen LogP contribution in [0.4, 0.5) is 3.89 Å². The van der Waals surface area contributed by atoms with Gasteiger partial charge < -0.3 is 19.5 Å². The number of ether oxygens (including phenoxy) is 1. The average molecular weight is 719 g/mol. The number of nitrogens with one attached hydrogen (secondary N) is 1. The predicted octanol–water partition coefficient (Wildman–Crippen LogP) is 7.16. The second-order valence-electron chi connectivity index (χ2n) is 13.0. The van der Waals surface area contributed by atoms with Gasteiger partial charge in [-0.25, -0.2) is 13.9 Å². The van der Waals surface area contributed by atoms with Gasteiger partial charge in [-0.1, -0.05) is 57.0 Å². The Morgan fingerprint density at radius 2 is 1.76 bits per heavy atom. The van der Waals surface area contributed by atoms with Gasteiger partial charge >= 0.3 is 0 Å². The monoisotopic (exact) mass is 718 g/mol. The van der Waals surface area contributed by atoms with Crippen molar-refractivity contribution in [2.45, 2.75) is 111 Å². The minimum absolute atomic E-state index is 0.00136. The Morgan fingerprint density at radius 3 is 2.45 bits per heavy atom. The molecule has 1 saturated carbocycles. The van der Waals surface area contributed by atoms with Crippen molar-refractivity contribution >= 4 is 41.1 Å². The fraction of sp³-hybridized carbons (Fsp3) is 0.474. The summed E-state index contributed by atoms with van der Waals surface area (Å²) in [6.07, 6.45) is 8.65. The molecule has 6 rings (SSSR count). The van der Waals surface area contributed by atoms with Gasteiger partial charge in [0.25, 0.3) is 5.91 Å². The predicted molar refractivity (Wildman–Crippen MR) is 196 cm³/mol. The molecule has 11 nitrogen and oxygen atoms in total. The third-order valence-corrected chi connectivity index (χ3v) is 9.53. The van der Waals surface area contributed by atoms with Gasteiger partial charge in [0.1, 0.15) is 12.1 Å². The number of amides is 2. The fourth-order valence-electron chi connectivity index (χ4n) is 6.25. The van der Waals surface area contributed by atoms with Crippen LogP contribution in [0.2, 0.25) is 0 Å². The number of Topliss-reactive ketones (excluding diaryl/α,β-unsaturated/α-hetero) is 1. The standard InChI is InChI=1S/C36H41FN6O5S.C2H6/c1-23(2)41-16-17-42-26(18-30(45)34(33(42)36(41)47)48-22-24-10-6-5-7-11-24)19-38-31(46)13-9-4-3-8-12-29(44)27-21-43(49-37)35-32(27)40-28(20-39-35)25-14-15-25;1-2/h5-7,10-11,18,20-21,23,25H,3-4,8-9,12-17,19,22H2,1-2H3,(H,38,46);1-2H3. The Hall–Kier alpha value is -4.52. The molecule has 3 aromatic heterocycles. The fourth-order valence-corrected chi connectivity index (χ4v) is 6.59. The highest BCUT2D eigenvalue weighted by atomic mass is 32.2. The smallest absolute Gasteiger partial charge is 0.274 e. The molecule has 1 aliphatic heterocycles. The quantitative estimate of drug-likeness (QED) is 0.0955. The molecular weight excluding hydrogens is 672 g/mol. The van der Waals surface area contributed by atoms with Crippen LogP contribution in [0.1, 0.15) is 123 Å². The molecule has 0 saturated heterocycles. The van der Waals surface area contributed by atoms with Crippen LogP contribution in [0.25, 0.3) is 11.2 Å². The van der Waals surface area contributed by atoms with Crippen molar-refractivity contribution in [2.24, 2.45) is 0 Å². The molecule has 0 radical (unpaired) electrons. The molecule has 2 aliphatic rings. The third kappa shape index (κ3) is 9.05. The number of halogens is 1. The van der Waals surface area contributed by atoms with Crippen LogP contribution in [-0.4, -0.2) is 53.6 Å². The van der Waals surface area contributed by atoms with Crippen LogP contribution in [0.15, 0.2) is 53.6 Å². The van der Waals surface area contributed by atoms with Crippen LogP contribution in [0.3, 0.4) is 0 Å². The van der Waals surface area contributed by atoms with Crippen molar-refractivity contribution in [1.82, 2.24) is 28.7 Å². The van der Waals surface area contributed by atoms with Crippen molar-refractivity contribution < 1.29 is 23.0 Å². The van der Waals surface area contributed by atoms with Crippen LogP contribution >= 0.6 is 12.3 Å². The molecule has 1 aliphatic carbocycles. The first-order valence-electron chi connectivity index (χ1n) is 18.0. The number of pyridine rings is 1. The second kappa shape index (κ2) is 17.6. The Kier molecular flexibility index (Phi) is 13.0. The topological polar surface area (TPSA) is 128 Å². The first-order valence-corrected chi connectivity index (χ1v) is 18.6. The van der Waals surface area contributed by atoms with Gasteiger partial charge in [0.05, 0.1) is 24.0 Å². The molecule has 2 amide bonds. The van der Waals surface area contributed by atoms with Crippen LogP contribution < -0.4 is 15.5 Å². The zero-order chi connectivity index (χ0) is 36.5. The molecule has 0 bridgehead atoms. The van der Waals surface area contributed by atoms with Gasteiger partial charge in [-0.05, 0) is 45.1 Å². The van der Waals surface area contributed by atoms with Gasteiger partial charge in [-0.3, -0.25) is 19.2 Å². The lowest BCUT2D eigenvalue weighted by Crippen LogP contribution is -2.46. The van der Waals surface area contributed by atoms with E-state index in [0.717, 1.165) is 36.9 Å². The first-order chi connectivity index (χ1) is 24.7. The van der Waals surface area contributed by atoms with Gasteiger partial charge in [-0.15, -0.1) is 3.89 Å². The van der Waals surface area contributed by atoms with Gasteiger partial charge in [0.2, 0.25) is 11.3 Å². The summed E-state index contributed by atoms with van der Waals surface area (Å²) in [5.74, 6) is -0.124. The van der Waals surface area contributed by atoms with E-state index in [9.17, 15) is 23.1 Å². The van der Waals surface area contributed by atoms with Crippen LogP contribution in [0, 0.1) is 0 Å². The number of ketones is 1. The minimum atomic E-state index is -0.400. The normalized spacial score (nSPS) is 13.9. The number of fused-ring (bicyclic) bond motifs is 2. The summed E-state index contributed by atoms with van der Waals surface area (Å²) in [6, 6.07) is 10.9. The van der Waals surface area contributed by atoms with Crippen LogP contribution in [-0.2, 0) is 24.5 Å². The zero-order valence-corrected chi connectivity index (χ0v) is 30.6. The van der Waals surface area contributed by atoms with Crippen molar-refractivity contribution in [3.05, 3.63) is 87.2 Å². The van der Waals surface area contributed by atoms with E-state index in [-0.39, 0.29) is 60.6 Å².